The van der Waals surface area contributed by atoms with Crippen LogP contribution in [0.15, 0.2) is 11.6 Å². The van der Waals surface area contributed by atoms with Crippen molar-refractivity contribution < 1.29 is 27.4 Å². The molecule has 0 N–H and O–H groups in total. The van der Waals surface area contributed by atoms with Gasteiger partial charge in [0.25, 0.3) is 0 Å². The van der Waals surface area contributed by atoms with Crippen molar-refractivity contribution in [2.24, 2.45) is 0 Å². The summed E-state index contributed by atoms with van der Waals surface area (Å²) in [6.45, 7) is 6.81. The molecule has 0 aliphatic carbocycles. The molecule has 0 aromatic heterocycles. The van der Waals surface area contributed by atoms with E-state index in [9.17, 15) is 18.0 Å². The standard InChI is InChI=1S/C16H17F3O3/c1-5-21-15(20)12-7-11-9(3)6-8(2)10(4)13(11)22-14(12)16(17,18)19/h6-7,14H,5H2,1-4H3. The molecular weight excluding hydrogens is 297 g/mol. The fraction of sp³-hybridized carbons (Fsp3) is 0.438. The monoisotopic (exact) mass is 314 g/mol. The maximum absolute atomic E-state index is 13.2. The smallest absolute Gasteiger partial charge is 0.430 e. The van der Waals surface area contributed by atoms with Gasteiger partial charge in [-0.3, -0.25) is 0 Å². The van der Waals surface area contributed by atoms with E-state index in [0.717, 1.165) is 11.1 Å². The quantitative estimate of drug-likeness (QED) is 0.777. The van der Waals surface area contributed by atoms with E-state index in [1.54, 1.807) is 20.8 Å². The van der Waals surface area contributed by atoms with Crippen LogP contribution < -0.4 is 4.74 Å². The highest BCUT2D eigenvalue weighted by molar-refractivity contribution is 5.96. The molecule has 6 heteroatoms. The molecule has 0 saturated heterocycles. The number of halogens is 3. The number of carbonyl (C=O) groups excluding carboxylic acids is 1. The summed E-state index contributed by atoms with van der Waals surface area (Å²) in [5.74, 6) is -0.832. The SMILES string of the molecule is CCOC(=O)C1=Cc2c(C)cc(C)c(C)c2OC1C(F)(F)F. The number of aryl methyl sites for hydroxylation is 2. The van der Waals surface area contributed by atoms with Crippen molar-refractivity contribution in [3.05, 3.63) is 33.9 Å². The molecule has 1 aliphatic heterocycles. The Labute approximate surface area is 126 Å². The van der Waals surface area contributed by atoms with E-state index in [1.165, 1.54) is 13.0 Å². The van der Waals surface area contributed by atoms with Crippen molar-refractivity contribution in [1.29, 1.82) is 0 Å². The number of hydrogen-bond acceptors (Lipinski definition) is 3. The van der Waals surface area contributed by atoms with Crippen LogP contribution in [0, 0.1) is 20.8 Å². The Kier molecular flexibility index (Phi) is 4.22. The first-order valence-corrected chi connectivity index (χ1v) is 6.89. The van der Waals surface area contributed by atoms with Gasteiger partial charge < -0.3 is 9.47 Å². The van der Waals surface area contributed by atoms with Gasteiger partial charge in [-0.15, -0.1) is 0 Å². The van der Waals surface area contributed by atoms with E-state index >= 15 is 0 Å². The zero-order valence-electron chi connectivity index (χ0n) is 12.8. The van der Waals surface area contributed by atoms with Crippen LogP contribution in [-0.2, 0) is 9.53 Å². The van der Waals surface area contributed by atoms with E-state index < -0.39 is 23.8 Å². The highest BCUT2D eigenvalue weighted by Gasteiger charge is 2.49. The number of esters is 1. The first-order chi connectivity index (χ1) is 10.2. The molecule has 120 valence electrons. The van der Waals surface area contributed by atoms with Gasteiger partial charge in [-0.1, -0.05) is 6.07 Å². The maximum Gasteiger partial charge on any atom is 0.430 e. The van der Waals surface area contributed by atoms with Crippen LogP contribution in [0.4, 0.5) is 13.2 Å². The minimum atomic E-state index is -4.69. The summed E-state index contributed by atoms with van der Waals surface area (Å²) in [6, 6.07) is 1.85. The maximum atomic E-state index is 13.2. The molecule has 0 bridgehead atoms. The largest absolute Gasteiger partial charge is 0.475 e. The minimum absolute atomic E-state index is 0.000481. The molecule has 1 atom stereocenters. The number of carbonyl (C=O) groups is 1. The second-order valence-electron chi connectivity index (χ2n) is 5.24. The van der Waals surface area contributed by atoms with Crippen molar-refractivity contribution >= 4 is 12.0 Å². The van der Waals surface area contributed by atoms with Crippen molar-refractivity contribution in [3.63, 3.8) is 0 Å². The second-order valence-corrected chi connectivity index (χ2v) is 5.24. The molecule has 1 unspecified atom stereocenters. The molecular formula is C16H17F3O3. The minimum Gasteiger partial charge on any atom is -0.475 e. The summed E-state index contributed by atoms with van der Waals surface area (Å²) in [6.07, 6.45) is -5.77. The molecule has 0 saturated carbocycles. The summed E-state index contributed by atoms with van der Waals surface area (Å²) in [5, 5.41) is 0. The summed E-state index contributed by atoms with van der Waals surface area (Å²) < 4.78 is 49.6. The Morgan fingerprint density at radius 1 is 1.27 bits per heavy atom. The second kappa shape index (κ2) is 5.66. The van der Waals surface area contributed by atoms with Crippen LogP contribution in [0.3, 0.4) is 0 Å². The molecule has 0 spiro atoms. The lowest BCUT2D eigenvalue weighted by molar-refractivity contribution is -0.188. The number of hydrogen-bond donors (Lipinski definition) is 0. The third-order valence-electron chi connectivity index (χ3n) is 3.66. The Hall–Kier alpha value is -1.98. The molecule has 1 aliphatic rings. The summed E-state index contributed by atoms with van der Waals surface area (Å²) in [4.78, 5) is 11.9. The fourth-order valence-corrected chi connectivity index (χ4v) is 2.44. The summed E-state index contributed by atoms with van der Waals surface area (Å²) in [7, 11) is 0. The van der Waals surface area contributed by atoms with E-state index in [1.807, 2.05) is 6.07 Å². The molecule has 22 heavy (non-hydrogen) atoms. The third kappa shape index (κ3) is 2.82. The van der Waals surface area contributed by atoms with Crippen LogP contribution >= 0.6 is 0 Å². The van der Waals surface area contributed by atoms with Crippen LogP contribution in [0.2, 0.25) is 0 Å². The van der Waals surface area contributed by atoms with Gasteiger partial charge in [0.2, 0.25) is 6.10 Å². The van der Waals surface area contributed by atoms with Gasteiger partial charge in [-0.05, 0) is 50.5 Å². The predicted molar refractivity (Wildman–Crippen MR) is 75.7 cm³/mol. The number of benzene rings is 1. The topological polar surface area (TPSA) is 35.5 Å². The van der Waals surface area contributed by atoms with Gasteiger partial charge in [-0.2, -0.15) is 13.2 Å². The van der Waals surface area contributed by atoms with E-state index in [2.05, 4.69) is 0 Å². The lowest BCUT2D eigenvalue weighted by Gasteiger charge is -2.30. The lowest BCUT2D eigenvalue weighted by Crippen LogP contribution is -2.41. The lowest BCUT2D eigenvalue weighted by atomic mass is 9.93. The van der Waals surface area contributed by atoms with Gasteiger partial charge >= 0.3 is 12.1 Å². The Balaban J connectivity index is 2.63. The predicted octanol–water partition coefficient (Wildman–Crippen LogP) is 3.88. The zero-order chi connectivity index (χ0) is 16.7. The van der Waals surface area contributed by atoms with Gasteiger partial charge in [-0.25, -0.2) is 4.79 Å². The van der Waals surface area contributed by atoms with Gasteiger partial charge in [0.15, 0.2) is 0 Å². The molecule has 0 radical (unpaired) electrons. The molecule has 1 aromatic rings. The summed E-state index contributed by atoms with van der Waals surface area (Å²) in [5.41, 5.74) is 2.19. The normalized spacial score (nSPS) is 17.4. The first kappa shape index (κ1) is 16.4. The third-order valence-corrected chi connectivity index (χ3v) is 3.66. The summed E-state index contributed by atoms with van der Waals surface area (Å²) >= 11 is 0. The number of ether oxygens (including phenoxy) is 2. The molecule has 3 nitrogen and oxygen atoms in total. The Morgan fingerprint density at radius 3 is 2.45 bits per heavy atom. The van der Waals surface area contributed by atoms with Crippen molar-refractivity contribution in [1.82, 2.24) is 0 Å². The molecule has 0 amide bonds. The molecule has 1 aromatic carbocycles. The Morgan fingerprint density at radius 2 is 1.91 bits per heavy atom. The van der Waals surface area contributed by atoms with Crippen molar-refractivity contribution in [2.75, 3.05) is 6.61 Å². The van der Waals surface area contributed by atoms with Crippen LogP contribution in [0.25, 0.3) is 6.08 Å². The highest BCUT2D eigenvalue weighted by Crippen LogP contribution is 2.41. The molecule has 1 heterocycles. The van der Waals surface area contributed by atoms with Crippen LogP contribution in [-0.4, -0.2) is 24.9 Å². The fourth-order valence-electron chi connectivity index (χ4n) is 2.44. The first-order valence-electron chi connectivity index (χ1n) is 6.89. The molecule has 2 rings (SSSR count). The van der Waals surface area contributed by atoms with E-state index in [4.69, 9.17) is 9.47 Å². The average Bonchev–Trinajstić information content (AvgIpc) is 2.43. The number of fused-ring (bicyclic) bond motifs is 1. The zero-order valence-corrected chi connectivity index (χ0v) is 12.8. The van der Waals surface area contributed by atoms with E-state index in [-0.39, 0.29) is 12.4 Å². The van der Waals surface area contributed by atoms with Crippen LogP contribution in [0.1, 0.15) is 29.2 Å². The number of alkyl halides is 3. The average molecular weight is 314 g/mol. The Bertz CT molecular complexity index is 645. The van der Waals surface area contributed by atoms with Crippen molar-refractivity contribution in [3.8, 4) is 5.75 Å². The van der Waals surface area contributed by atoms with Gasteiger partial charge in [0, 0.05) is 5.56 Å². The molecule has 0 fully saturated rings. The van der Waals surface area contributed by atoms with Crippen molar-refractivity contribution in [2.45, 2.75) is 40.0 Å². The van der Waals surface area contributed by atoms with Crippen LogP contribution in [0.5, 0.6) is 5.75 Å². The van der Waals surface area contributed by atoms with Gasteiger partial charge in [0.05, 0.1) is 12.2 Å². The van der Waals surface area contributed by atoms with Gasteiger partial charge in [0.1, 0.15) is 5.75 Å². The highest BCUT2D eigenvalue weighted by atomic mass is 19.4. The number of rotatable bonds is 2. The van der Waals surface area contributed by atoms with E-state index in [0.29, 0.717) is 11.1 Å².